The van der Waals surface area contributed by atoms with E-state index in [4.69, 9.17) is 0 Å². The Bertz CT molecular complexity index is 942. The van der Waals surface area contributed by atoms with E-state index in [-0.39, 0.29) is 24.2 Å². The number of rotatable bonds is 3. The van der Waals surface area contributed by atoms with Gasteiger partial charge in [-0.2, -0.15) is 18.3 Å². The standard InChI is InChI=1S/C19H20F3N5O2/c1-24-8-9-26(18(24)29)14-10-23-27(12-14)13-6-7-25(11-13)17(28)15-4-2-3-5-16(15)19(20,21)22/h2-5,10,12-13H,6-9,11H2,1H3. The fourth-order valence-electron chi connectivity index (χ4n) is 3.78. The van der Waals surface area contributed by atoms with E-state index in [0.29, 0.717) is 31.7 Å². The zero-order valence-corrected chi connectivity index (χ0v) is 15.8. The summed E-state index contributed by atoms with van der Waals surface area (Å²) in [5.74, 6) is -0.635. The molecule has 2 saturated heterocycles. The second kappa shape index (κ2) is 7.09. The number of likely N-dealkylation sites (tertiary alicyclic amines) is 1. The summed E-state index contributed by atoms with van der Waals surface area (Å²) in [7, 11) is 1.73. The molecule has 154 valence electrons. The van der Waals surface area contributed by atoms with Gasteiger partial charge in [0.15, 0.2) is 0 Å². The molecule has 29 heavy (non-hydrogen) atoms. The number of likely N-dealkylation sites (N-methyl/N-ethyl adjacent to an activating group) is 1. The van der Waals surface area contributed by atoms with Crippen LogP contribution in [0.15, 0.2) is 36.7 Å². The predicted molar refractivity (Wildman–Crippen MR) is 98.6 cm³/mol. The van der Waals surface area contributed by atoms with Gasteiger partial charge in [-0.15, -0.1) is 0 Å². The zero-order valence-electron chi connectivity index (χ0n) is 15.8. The number of anilines is 1. The van der Waals surface area contributed by atoms with Crippen LogP contribution < -0.4 is 4.90 Å². The molecule has 3 heterocycles. The second-order valence-corrected chi connectivity index (χ2v) is 7.27. The van der Waals surface area contributed by atoms with E-state index in [1.54, 1.807) is 33.9 Å². The van der Waals surface area contributed by atoms with E-state index >= 15 is 0 Å². The average Bonchev–Trinajstić information content (AvgIpc) is 3.41. The maximum atomic E-state index is 13.2. The Kier molecular flexibility index (Phi) is 4.71. The molecule has 1 aromatic carbocycles. The van der Waals surface area contributed by atoms with Crippen molar-refractivity contribution in [1.29, 1.82) is 0 Å². The van der Waals surface area contributed by atoms with Crippen LogP contribution in [0, 0.1) is 0 Å². The van der Waals surface area contributed by atoms with Crippen LogP contribution in [0.25, 0.3) is 0 Å². The Labute approximate surface area is 165 Å². The lowest BCUT2D eigenvalue weighted by Gasteiger charge is -2.19. The van der Waals surface area contributed by atoms with Crippen LogP contribution in [-0.2, 0) is 6.18 Å². The van der Waals surface area contributed by atoms with Gasteiger partial charge in [0, 0.05) is 39.4 Å². The fourth-order valence-corrected chi connectivity index (χ4v) is 3.78. The lowest BCUT2D eigenvalue weighted by molar-refractivity contribution is -0.138. The van der Waals surface area contributed by atoms with Crippen molar-refractivity contribution in [3.63, 3.8) is 0 Å². The Morgan fingerprint density at radius 2 is 1.93 bits per heavy atom. The molecule has 0 spiro atoms. The zero-order chi connectivity index (χ0) is 20.8. The van der Waals surface area contributed by atoms with Gasteiger partial charge < -0.3 is 9.80 Å². The summed E-state index contributed by atoms with van der Waals surface area (Å²) in [4.78, 5) is 29.5. The molecule has 0 radical (unpaired) electrons. The Morgan fingerprint density at radius 1 is 1.17 bits per heavy atom. The number of aromatic nitrogens is 2. The van der Waals surface area contributed by atoms with Crippen molar-refractivity contribution in [2.45, 2.75) is 18.6 Å². The van der Waals surface area contributed by atoms with Crippen molar-refractivity contribution < 1.29 is 22.8 Å². The van der Waals surface area contributed by atoms with Gasteiger partial charge in [0.2, 0.25) is 0 Å². The summed E-state index contributed by atoms with van der Waals surface area (Å²) >= 11 is 0. The third-order valence-electron chi connectivity index (χ3n) is 5.40. The quantitative estimate of drug-likeness (QED) is 0.786. The Morgan fingerprint density at radius 3 is 2.62 bits per heavy atom. The van der Waals surface area contributed by atoms with Crippen molar-refractivity contribution >= 4 is 17.6 Å². The van der Waals surface area contributed by atoms with Gasteiger partial charge in [-0.05, 0) is 18.6 Å². The van der Waals surface area contributed by atoms with E-state index in [1.807, 2.05) is 0 Å². The number of hydrogen-bond acceptors (Lipinski definition) is 3. The van der Waals surface area contributed by atoms with Crippen LogP contribution in [0.5, 0.6) is 0 Å². The fraction of sp³-hybridized carbons (Fsp3) is 0.421. The Hall–Kier alpha value is -3.04. The number of alkyl halides is 3. The van der Waals surface area contributed by atoms with Crippen molar-refractivity contribution in [3.8, 4) is 0 Å². The summed E-state index contributed by atoms with van der Waals surface area (Å²) in [5, 5.41) is 4.31. The van der Waals surface area contributed by atoms with Crippen LogP contribution in [-0.4, -0.2) is 64.7 Å². The Balaban J connectivity index is 1.48. The maximum Gasteiger partial charge on any atom is 0.417 e. The molecule has 2 aliphatic rings. The number of halogens is 3. The van der Waals surface area contributed by atoms with Crippen LogP contribution in [0.2, 0.25) is 0 Å². The van der Waals surface area contributed by atoms with Crippen molar-refractivity contribution in [3.05, 3.63) is 47.8 Å². The normalized spacial score (nSPS) is 20.1. The van der Waals surface area contributed by atoms with Crippen molar-refractivity contribution in [1.82, 2.24) is 19.6 Å². The number of hydrogen-bond donors (Lipinski definition) is 0. The lowest BCUT2D eigenvalue weighted by Crippen LogP contribution is -2.31. The molecule has 1 atom stereocenters. The average molecular weight is 407 g/mol. The highest BCUT2D eigenvalue weighted by molar-refractivity contribution is 5.96. The molecule has 0 N–H and O–H groups in total. The van der Waals surface area contributed by atoms with Gasteiger partial charge in [-0.25, -0.2) is 4.79 Å². The minimum absolute atomic E-state index is 0.100. The molecular formula is C19H20F3N5O2. The van der Waals surface area contributed by atoms with E-state index in [1.165, 1.54) is 23.1 Å². The van der Waals surface area contributed by atoms with Crippen LogP contribution >= 0.6 is 0 Å². The molecule has 2 aliphatic heterocycles. The number of nitrogens with zero attached hydrogens (tertiary/aromatic N) is 5. The van der Waals surface area contributed by atoms with Crippen LogP contribution in [0.4, 0.5) is 23.7 Å². The first-order valence-electron chi connectivity index (χ1n) is 9.28. The van der Waals surface area contributed by atoms with Gasteiger partial charge in [0.05, 0.1) is 29.1 Å². The largest absolute Gasteiger partial charge is 0.417 e. The molecule has 0 bridgehead atoms. The molecule has 3 amide bonds. The van der Waals surface area contributed by atoms with E-state index < -0.39 is 17.6 Å². The molecule has 10 heteroatoms. The molecular weight excluding hydrogens is 387 g/mol. The highest BCUT2D eigenvalue weighted by Crippen LogP contribution is 2.33. The first-order chi connectivity index (χ1) is 13.8. The number of carbonyl (C=O) groups is 2. The maximum absolute atomic E-state index is 13.2. The number of carbonyl (C=O) groups excluding carboxylic acids is 2. The topological polar surface area (TPSA) is 61.7 Å². The van der Waals surface area contributed by atoms with Crippen LogP contribution in [0.3, 0.4) is 0 Å². The summed E-state index contributed by atoms with van der Waals surface area (Å²) in [6, 6.07) is 4.58. The summed E-state index contributed by atoms with van der Waals surface area (Å²) in [5.41, 5.74) is -0.592. The third-order valence-corrected chi connectivity index (χ3v) is 5.40. The van der Waals surface area contributed by atoms with Gasteiger partial charge in [-0.1, -0.05) is 12.1 Å². The van der Waals surface area contributed by atoms with E-state index in [0.717, 1.165) is 6.07 Å². The second-order valence-electron chi connectivity index (χ2n) is 7.27. The highest BCUT2D eigenvalue weighted by atomic mass is 19.4. The van der Waals surface area contributed by atoms with Crippen molar-refractivity contribution in [2.24, 2.45) is 0 Å². The molecule has 0 saturated carbocycles. The minimum Gasteiger partial charge on any atom is -0.336 e. The third kappa shape index (κ3) is 3.54. The smallest absolute Gasteiger partial charge is 0.336 e. The molecule has 7 nitrogen and oxygen atoms in total. The summed E-state index contributed by atoms with van der Waals surface area (Å²) < 4.78 is 41.4. The molecule has 0 aliphatic carbocycles. The van der Waals surface area contributed by atoms with Gasteiger partial charge in [0.25, 0.3) is 5.91 Å². The first kappa shape index (κ1) is 19.3. The summed E-state index contributed by atoms with van der Waals surface area (Å²) in [6.07, 6.45) is -0.660. The first-order valence-corrected chi connectivity index (χ1v) is 9.28. The molecule has 2 fully saturated rings. The van der Waals surface area contributed by atoms with Gasteiger partial charge in [-0.3, -0.25) is 14.4 Å². The number of urea groups is 1. The highest BCUT2D eigenvalue weighted by Gasteiger charge is 2.37. The van der Waals surface area contributed by atoms with Gasteiger partial charge >= 0.3 is 12.2 Å². The van der Waals surface area contributed by atoms with E-state index in [9.17, 15) is 22.8 Å². The lowest BCUT2D eigenvalue weighted by atomic mass is 10.1. The molecule has 2 aromatic rings. The molecule has 4 rings (SSSR count). The van der Waals surface area contributed by atoms with E-state index in [2.05, 4.69) is 5.10 Å². The van der Waals surface area contributed by atoms with Gasteiger partial charge in [0.1, 0.15) is 0 Å². The number of amides is 3. The van der Waals surface area contributed by atoms with Crippen molar-refractivity contribution in [2.75, 3.05) is 38.1 Å². The minimum atomic E-state index is -4.59. The van der Waals surface area contributed by atoms with Crippen LogP contribution in [0.1, 0.15) is 28.4 Å². The number of benzene rings is 1. The molecule has 1 aromatic heterocycles. The monoisotopic (exact) mass is 407 g/mol. The SMILES string of the molecule is CN1CCN(c2cnn(C3CCN(C(=O)c4ccccc4C(F)(F)F)C3)c2)C1=O. The predicted octanol–water partition coefficient (Wildman–Crippen LogP) is 2.86. The molecule has 1 unspecified atom stereocenters. The summed E-state index contributed by atoms with van der Waals surface area (Å²) in [6.45, 7) is 1.81.